The number of amidine groups is 1. The van der Waals surface area contributed by atoms with E-state index >= 15 is 0 Å². The molecule has 2 aliphatic heterocycles. The van der Waals surface area contributed by atoms with Crippen LogP contribution >= 0.6 is 0 Å². The van der Waals surface area contributed by atoms with Crippen LogP contribution in [0.2, 0.25) is 0 Å². The van der Waals surface area contributed by atoms with Gasteiger partial charge in [0.1, 0.15) is 11.6 Å². The van der Waals surface area contributed by atoms with Crippen molar-refractivity contribution in [1.82, 2.24) is 9.88 Å². The molecule has 5 rings (SSSR count). The van der Waals surface area contributed by atoms with Crippen LogP contribution in [0.15, 0.2) is 65.2 Å². The van der Waals surface area contributed by atoms with Crippen LogP contribution in [-0.4, -0.2) is 49.7 Å². The molecule has 1 aromatic heterocycles. The fraction of sp³-hybridized carbons (Fsp3) is 0.296. The molecule has 0 saturated carbocycles. The van der Waals surface area contributed by atoms with Crippen LogP contribution in [0.3, 0.4) is 0 Å². The molecule has 0 aliphatic carbocycles. The Morgan fingerprint density at radius 2 is 1.97 bits per heavy atom. The molecular formula is C27H28N4O4S. The maximum absolute atomic E-state index is 13.3. The predicted molar refractivity (Wildman–Crippen MR) is 138 cm³/mol. The van der Waals surface area contributed by atoms with Crippen molar-refractivity contribution in [1.29, 1.82) is 0 Å². The Morgan fingerprint density at radius 3 is 2.78 bits per heavy atom. The lowest BCUT2D eigenvalue weighted by Gasteiger charge is -2.33. The summed E-state index contributed by atoms with van der Waals surface area (Å²) in [7, 11) is -3.60. The van der Waals surface area contributed by atoms with Crippen LogP contribution in [0.4, 0.5) is 0 Å². The largest absolute Gasteiger partial charge is 0.492 e. The number of benzene rings is 2. The number of nitrogens with two attached hydrogens (primary N) is 1. The fourth-order valence-corrected chi connectivity index (χ4v) is 5.84. The third-order valence-corrected chi connectivity index (χ3v) is 7.73. The first-order valence-corrected chi connectivity index (χ1v) is 13.6. The topological polar surface area (TPSA) is 115 Å². The number of hydrogen-bond donors (Lipinski definition) is 1. The molecule has 8 nitrogen and oxygen atoms in total. The molecular weight excluding hydrogens is 476 g/mol. The monoisotopic (exact) mass is 504 g/mol. The highest BCUT2D eigenvalue weighted by Crippen LogP contribution is 2.29. The molecule has 0 spiro atoms. The summed E-state index contributed by atoms with van der Waals surface area (Å²) in [6.07, 6.45) is 3.49. The fourth-order valence-electron chi connectivity index (χ4n) is 4.75. The Kier molecular flexibility index (Phi) is 6.49. The standard InChI is InChI=1S/C27H28N4O4S/c1-18-7-9-20(10-8-18)23-14-21(11-12-29-23)27(32)31-13-3-4-19(15-31)16-35-24-6-2-5-22-17-36(33,34)30-26(28)25(22)24/h2,5-12,14,19H,3-4,13,15-17H2,1H3,(H2,28,30)/t19-/m0/s1. The molecule has 1 fully saturated rings. The molecule has 0 unspecified atom stereocenters. The second-order valence-electron chi connectivity index (χ2n) is 9.36. The quantitative estimate of drug-likeness (QED) is 0.568. The SMILES string of the molecule is Cc1ccc(-c2cc(C(=O)N3CCC[C@H](COc4cccc5c4C(N)=NS(=O)(=O)C5)C3)ccn2)cc1. The number of hydrogen-bond acceptors (Lipinski definition) is 6. The first-order chi connectivity index (χ1) is 17.3. The van der Waals surface area contributed by atoms with Gasteiger partial charge in [-0.05, 0) is 43.5 Å². The van der Waals surface area contributed by atoms with E-state index in [1.165, 1.54) is 5.56 Å². The van der Waals surface area contributed by atoms with E-state index in [4.69, 9.17) is 10.5 Å². The minimum atomic E-state index is -3.60. The summed E-state index contributed by atoms with van der Waals surface area (Å²) in [6.45, 7) is 3.70. The zero-order valence-corrected chi connectivity index (χ0v) is 20.9. The van der Waals surface area contributed by atoms with Gasteiger partial charge in [0.05, 0.1) is 23.6 Å². The molecule has 0 bridgehead atoms. The summed E-state index contributed by atoms with van der Waals surface area (Å²) in [5, 5.41) is 0. The molecule has 2 N–H and O–H groups in total. The van der Waals surface area contributed by atoms with E-state index in [0.717, 1.165) is 24.1 Å². The number of amides is 1. The van der Waals surface area contributed by atoms with Gasteiger partial charge in [-0.1, -0.05) is 42.0 Å². The second-order valence-corrected chi connectivity index (χ2v) is 11.0. The third-order valence-electron chi connectivity index (χ3n) is 6.58. The lowest BCUT2D eigenvalue weighted by atomic mass is 9.98. The van der Waals surface area contributed by atoms with Gasteiger partial charge in [0.15, 0.2) is 0 Å². The highest BCUT2D eigenvalue weighted by atomic mass is 32.2. The molecule has 1 amide bonds. The highest BCUT2D eigenvalue weighted by molar-refractivity contribution is 7.89. The number of carbonyl (C=O) groups is 1. The normalized spacial score (nSPS) is 18.8. The maximum Gasteiger partial charge on any atom is 0.259 e. The van der Waals surface area contributed by atoms with Crippen molar-refractivity contribution < 1.29 is 17.9 Å². The number of ether oxygens (including phenoxy) is 1. The van der Waals surface area contributed by atoms with Gasteiger partial charge in [-0.25, -0.2) is 8.42 Å². The van der Waals surface area contributed by atoms with Gasteiger partial charge in [-0.15, -0.1) is 4.40 Å². The minimum Gasteiger partial charge on any atom is -0.492 e. The molecule has 1 saturated heterocycles. The zero-order chi connectivity index (χ0) is 25.3. The van der Waals surface area contributed by atoms with Crippen molar-refractivity contribution in [2.24, 2.45) is 16.0 Å². The number of carbonyl (C=O) groups excluding carboxylic acids is 1. The molecule has 9 heteroatoms. The maximum atomic E-state index is 13.3. The van der Waals surface area contributed by atoms with Gasteiger partial charge >= 0.3 is 0 Å². The van der Waals surface area contributed by atoms with E-state index in [2.05, 4.69) is 9.38 Å². The zero-order valence-electron chi connectivity index (χ0n) is 20.1. The molecule has 186 valence electrons. The Hall–Kier alpha value is -3.72. The number of piperidine rings is 1. The van der Waals surface area contributed by atoms with Crippen molar-refractivity contribution in [3.63, 3.8) is 0 Å². The van der Waals surface area contributed by atoms with E-state index in [9.17, 15) is 13.2 Å². The van der Waals surface area contributed by atoms with Crippen molar-refractivity contribution in [2.75, 3.05) is 19.7 Å². The Balaban J connectivity index is 1.27. The number of aromatic nitrogens is 1. The molecule has 2 aliphatic rings. The van der Waals surface area contributed by atoms with Crippen molar-refractivity contribution >= 4 is 21.8 Å². The summed E-state index contributed by atoms with van der Waals surface area (Å²) in [4.78, 5) is 19.6. The number of likely N-dealkylation sites (tertiary alicyclic amines) is 1. The third kappa shape index (κ3) is 5.11. The molecule has 36 heavy (non-hydrogen) atoms. The van der Waals surface area contributed by atoms with E-state index in [0.29, 0.717) is 42.1 Å². The summed E-state index contributed by atoms with van der Waals surface area (Å²) in [5.41, 5.74) is 10.6. The van der Waals surface area contributed by atoms with Crippen LogP contribution in [0.1, 0.15) is 39.9 Å². The molecule has 2 aromatic carbocycles. The summed E-state index contributed by atoms with van der Waals surface area (Å²) < 4.78 is 33.6. The Bertz CT molecular complexity index is 1430. The van der Waals surface area contributed by atoms with Gasteiger partial charge in [-0.2, -0.15) is 0 Å². The highest BCUT2D eigenvalue weighted by Gasteiger charge is 2.28. The van der Waals surface area contributed by atoms with Crippen LogP contribution < -0.4 is 10.5 Å². The lowest BCUT2D eigenvalue weighted by Crippen LogP contribution is -2.41. The average Bonchev–Trinajstić information content (AvgIpc) is 2.87. The number of rotatable bonds is 5. The Labute approximate surface area is 210 Å². The smallest absolute Gasteiger partial charge is 0.259 e. The van der Waals surface area contributed by atoms with Crippen LogP contribution in [0.25, 0.3) is 11.3 Å². The number of sulfonamides is 1. The summed E-state index contributed by atoms with van der Waals surface area (Å²) in [5.74, 6) is 0.401. The van der Waals surface area contributed by atoms with Crippen LogP contribution in [0.5, 0.6) is 5.75 Å². The van der Waals surface area contributed by atoms with Gasteiger partial charge < -0.3 is 15.4 Å². The summed E-state index contributed by atoms with van der Waals surface area (Å²) >= 11 is 0. The van der Waals surface area contributed by atoms with E-state index in [1.807, 2.05) is 42.2 Å². The van der Waals surface area contributed by atoms with Gasteiger partial charge in [0.2, 0.25) is 0 Å². The Morgan fingerprint density at radius 1 is 1.17 bits per heavy atom. The number of nitrogens with zero attached hydrogens (tertiary/aromatic N) is 3. The number of pyridine rings is 1. The molecule has 0 radical (unpaired) electrons. The summed E-state index contributed by atoms with van der Waals surface area (Å²) in [6, 6.07) is 16.9. The van der Waals surface area contributed by atoms with Gasteiger partial charge in [-0.3, -0.25) is 9.78 Å². The van der Waals surface area contributed by atoms with Crippen molar-refractivity contribution in [3.05, 3.63) is 83.0 Å². The molecule has 3 aromatic rings. The minimum absolute atomic E-state index is 0.0193. The van der Waals surface area contributed by atoms with Gasteiger partial charge in [0, 0.05) is 36.3 Å². The first-order valence-electron chi connectivity index (χ1n) is 11.9. The van der Waals surface area contributed by atoms with Crippen molar-refractivity contribution in [2.45, 2.75) is 25.5 Å². The predicted octanol–water partition coefficient (Wildman–Crippen LogP) is 3.54. The first kappa shape index (κ1) is 24.0. The van der Waals surface area contributed by atoms with Gasteiger partial charge in [0.25, 0.3) is 15.9 Å². The number of aryl methyl sites for hydroxylation is 1. The lowest BCUT2D eigenvalue weighted by molar-refractivity contribution is 0.0633. The number of fused-ring (bicyclic) bond motifs is 1. The van der Waals surface area contributed by atoms with Crippen molar-refractivity contribution in [3.8, 4) is 17.0 Å². The van der Waals surface area contributed by atoms with E-state index < -0.39 is 10.0 Å². The van der Waals surface area contributed by atoms with E-state index in [1.54, 1.807) is 30.5 Å². The van der Waals surface area contributed by atoms with Crippen LogP contribution in [-0.2, 0) is 15.8 Å². The average molecular weight is 505 g/mol. The molecule has 3 heterocycles. The molecule has 1 atom stereocenters. The van der Waals surface area contributed by atoms with Crippen LogP contribution in [0, 0.1) is 12.8 Å². The second kappa shape index (κ2) is 9.73. The van der Waals surface area contributed by atoms with E-state index in [-0.39, 0.29) is 23.4 Å².